The lowest BCUT2D eigenvalue weighted by Gasteiger charge is -2.18. The zero-order chi connectivity index (χ0) is 25.7. The smallest absolute Gasteiger partial charge is 0.347 e. The van der Waals surface area contributed by atoms with E-state index in [9.17, 15) is 9.59 Å². The van der Waals surface area contributed by atoms with Crippen LogP contribution in [0.2, 0.25) is 0 Å². The Balaban J connectivity index is 1.86. The Morgan fingerprint density at radius 1 is 1.14 bits per heavy atom. The van der Waals surface area contributed by atoms with Gasteiger partial charge in [0.15, 0.2) is 23.4 Å². The molecule has 0 unspecified atom stereocenters. The lowest BCUT2D eigenvalue weighted by molar-refractivity contribution is -0.150. The number of para-hydroxylation sites is 1. The van der Waals surface area contributed by atoms with Gasteiger partial charge in [-0.15, -0.1) is 0 Å². The van der Waals surface area contributed by atoms with Gasteiger partial charge in [-0.1, -0.05) is 58.4 Å². The van der Waals surface area contributed by atoms with E-state index in [-0.39, 0.29) is 17.9 Å². The van der Waals surface area contributed by atoms with Gasteiger partial charge in [-0.25, -0.2) is 9.78 Å². The van der Waals surface area contributed by atoms with Crippen LogP contribution in [0.4, 0.5) is 0 Å². The fourth-order valence-electron chi connectivity index (χ4n) is 3.57. The average Bonchev–Trinajstić information content (AvgIpc) is 2.89. The number of carbonyl (C=O) groups is 1. The molecule has 3 aromatic carbocycles. The number of methoxy groups -OCH3 is 1. The van der Waals surface area contributed by atoms with Crippen LogP contribution in [-0.2, 0) is 9.53 Å². The van der Waals surface area contributed by atoms with E-state index in [2.05, 4.69) is 21.0 Å². The van der Waals surface area contributed by atoms with E-state index in [0.717, 1.165) is 5.56 Å². The molecule has 184 valence electrons. The molecule has 0 saturated heterocycles. The number of benzene rings is 3. The predicted octanol–water partition coefficient (Wildman–Crippen LogP) is 5.05. The summed E-state index contributed by atoms with van der Waals surface area (Å²) in [5, 5.41) is 4.95. The van der Waals surface area contributed by atoms with Crippen molar-refractivity contribution in [2.75, 3.05) is 13.7 Å². The molecule has 0 fully saturated rings. The number of halogens is 1. The number of hydrogen-bond acceptors (Lipinski definition) is 7. The van der Waals surface area contributed by atoms with Gasteiger partial charge in [0.1, 0.15) is 0 Å². The Hall–Kier alpha value is -3.98. The molecule has 4 rings (SSSR count). The van der Waals surface area contributed by atoms with Crippen LogP contribution in [-0.4, -0.2) is 41.7 Å². The summed E-state index contributed by atoms with van der Waals surface area (Å²) < 4.78 is 18.4. The Labute approximate surface area is 216 Å². The number of nitrogens with zero attached hydrogens (tertiary/aromatic N) is 3. The summed E-state index contributed by atoms with van der Waals surface area (Å²) in [5.41, 5.74) is 1.47. The molecule has 0 spiro atoms. The Bertz CT molecular complexity index is 1480. The van der Waals surface area contributed by atoms with Gasteiger partial charge in [0, 0.05) is 15.6 Å². The molecular formula is C27H24BrN3O5. The molecule has 0 aliphatic carbocycles. The molecule has 0 radical (unpaired) electrons. The van der Waals surface area contributed by atoms with Gasteiger partial charge in [0.25, 0.3) is 5.56 Å². The lowest BCUT2D eigenvalue weighted by atomic mass is 10.2. The van der Waals surface area contributed by atoms with E-state index in [4.69, 9.17) is 19.2 Å². The first-order valence-electron chi connectivity index (χ1n) is 11.2. The van der Waals surface area contributed by atoms with Crippen molar-refractivity contribution in [2.24, 2.45) is 5.10 Å². The highest BCUT2D eigenvalue weighted by Gasteiger charge is 2.21. The summed E-state index contributed by atoms with van der Waals surface area (Å²) in [5.74, 6) is 0.550. The number of aromatic nitrogens is 2. The van der Waals surface area contributed by atoms with Crippen LogP contribution in [0.3, 0.4) is 0 Å². The molecule has 4 aromatic rings. The molecule has 36 heavy (non-hydrogen) atoms. The summed E-state index contributed by atoms with van der Waals surface area (Å²) in [7, 11) is 1.50. The summed E-state index contributed by atoms with van der Waals surface area (Å²) in [6, 6.07) is 19.9. The van der Waals surface area contributed by atoms with Gasteiger partial charge in [-0.05, 0) is 38.1 Å². The monoisotopic (exact) mass is 549 g/mol. The molecule has 1 heterocycles. The lowest BCUT2D eigenvalue weighted by Crippen LogP contribution is -2.26. The predicted molar refractivity (Wildman–Crippen MR) is 142 cm³/mol. The normalized spacial score (nSPS) is 12.0. The standard InChI is InChI=1S/C27H24BrN3O5/c1-4-35-27(33)17(2)36-24-19(14-20(28)15-23(24)34-3)16-29-31-25(18-10-6-5-7-11-18)30-22-13-9-8-12-21(22)26(31)32/h5-17H,4H2,1-3H3/t17-/m1/s1. The third-order valence-corrected chi connectivity index (χ3v) is 5.74. The summed E-state index contributed by atoms with van der Waals surface area (Å²) in [6.45, 7) is 3.55. The van der Waals surface area contributed by atoms with Gasteiger partial charge in [0.05, 0.1) is 30.8 Å². The third-order valence-electron chi connectivity index (χ3n) is 5.28. The number of ether oxygens (including phenoxy) is 3. The fraction of sp³-hybridized carbons (Fsp3) is 0.185. The van der Waals surface area contributed by atoms with E-state index >= 15 is 0 Å². The zero-order valence-corrected chi connectivity index (χ0v) is 21.6. The number of fused-ring (bicyclic) bond motifs is 1. The maximum atomic E-state index is 13.4. The van der Waals surface area contributed by atoms with E-state index in [1.54, 1.807) is 44.2 Å². The van der Waals surface area contributed by atoms with Crippen molar-refractivity contribution in [3.8, 4) is 22.9 Å². The van der Waals surface area contributed by atoms with Gasteiger partial charge < -0.3 is 14.2 Å². The molecule has 8 nitrogen and oxygen atoms in total. The van der Waals surface area contributed by atoms with Crippen molar-refractivity contribution in [3.63, 3.8) is 0 Å². The molecule has 0 saturated carbocycles. The van der Waals surface area contributed by atoms with E-state index in [0.29, 0.717) is 32.5 Å². The van der Waals surface area contributed by atoms with Crippen LogP contribution in [0.25, 0.3) is 22.3 Å². The summed E-state index contributed by atoms with van der Waals surface area (Å²) in [4.78, 5) is 30.3. The second-order valence-electron chi connectivity index (χ2n) is 7.72. The van der Waals surface area contributed by atoms with Crippen LogP contribution in [0.5, 0.6) is 11.5 Å². The summed E-state index contributed by atoms with van der Waals surface area (Å²) in [6.07, 6.45) is 0.585. The highest BCUT2D eigenvalue weighted by atomic mass is 79.9. The van der Waals surface area contributed by atoms with Gasteiger partial charge in [-0.3, -0.25) is 4.79 Å². The Morgan fingerprint density at radius 2 is 1.86 bits per heavy atom. The molecule has 1 atom stereocenters. The average molecular weight is 550 g/mol. The topological polar surface area (TPSA) is 92.0 Å². The van der Waals surface area contributed by atoms with Crippen molar-refractivity contribution in [3.05, 3.63) is 87.1 Å². The van der Waals surface area contributed by atoms with E-state index in [1.165, 1.54) is 18.0 Å². The third kappa shape index (κ3) is 5.31. The molecule has 0 amide bonds. The number of esters is 1. The van der Waals surface area contributed by atoms with E-state index in [1.807, 2.05) is 36.4 Å². The molecular weight excluding hydrogens is 526 g/mol. The first-order valence-corrected chi connectivity index (χ1v) is 12.0. The van der Waals surface area contributed by atoms with Crippen LogP contribution in [0.15, 0.2) is 81.1 Å². The molecule has 9 heteroatoms. The molecule has 0 N–H and O–H groups in total. The van der Waals surface area contributed by atoms with Crippen molar-refractivity contribution in [2.45, 2.75) is 20.0 Å². The highest BCUT2D eigenvalue weighted by Crippen LogP contribution is 2.35. The molecule has 1 aromatic heterocycles. The van der Waals surface area contributed by atoms with Crippen molar-refractivity contribution in [1.82, 2.24) is 9.66 Å². The molecule has 0 bridgehead atoms. The van der Waals surface area contributed by atoms with Gasteiger partial charge in [0.2, 0.25) is 0 Å². The van der Waals surface area contributed by atoms with Crippen LogP contribution in [0.1, 0.15) is 19.4 Å². The minimum Gasteiger partial charge on any atom is -0.493 e. The highest BCUT2D eigenvalue weighted by molar-refractivity contribution is 9.10. The van der Waals surface area contributed by atoms with Crippen LogP contribution in [0, 0.1) is 0 Å². The SMILES string of the molecule is CCOC(=O)[C@@H](C)Oc1c(C=Nn2c(-c3ccccc3)nc3ccccc3c2=O)cc(Br)cc1OC. The maximum Gasteiger partial charge on any atom is 0.347 e. The minimum atomic E-state index is -0.892. The quantitative estimate of drug-likeness (QED) is 0.225. The van der Waals surface area contributed by atoms with Crippen LogP contribution < -0.4 is 15.0 Å². The van der Waals surface area contributed by atoms with Crippen LogP contribution >= 0.6 is 15.9 Å². The number of rotatable bonds is 8. The van der Waals surface area contributed by atoms with Crippen molar-refractivity contribution < 1.29 is 19.0 Å². The fourth-order valence-corrected chi connectivity index (χ4v) is 4.03. The Kier molecular flexibility index (Phi) is 7.80. The maximum absolute atomic E-state index is 13.4. The minimum absolute atomic E-state index is 0.235. The number of carbonyl (C=O) groups excluding carboxylic acids is 1. The summed E-state index contributed by atoms with van der Waals surface area (Å²) >= 11 is 3.46. The first-order chi connectivity index (χ1) is 17.4. The molecule has 0 aliphatic rings. The van der Waals surface area contributed by atoms with Gasteiger partial charge >= 0.3 is 5.97 Å². The number of hydrogen-bond donors (Lipinski definition) is 0. The van der Waals surface area contributed by atoms with E-state index < -0.39 is 12.1 Å². The first kappa shape index (κ1) is 25.1. The zero-order valence-electron chi connectivity index (χ0n) is 20.0. The van der Waals surface area contributed by atoms with Crippen molar-refractivity contribution in [1.29, 1.82) is 0 Å². The molecule has 0 aliphatic heterocycles. The largest absolute Gasteiger partial charge is 0.493 e. The Morgan fingerprint density at radius 3 is 2.58 bits per heavy atom. The van der Waals surface area contributed by atoms with Crippen molar-refractivity contribution >= 4 is 39.0 Å². The second-order valence-corrected chi connectivity index (χ2v) is 8.63. The van der Waals surface area contributed by atoms with Gasteiger partial charge in [-0.2, -0.15) is 9.78 Å². The second kappa shape index (κ2) is 11.2.